The van der Waals surface area contributed by atoms with Gasteiger partial charge >= 0.3 is 0 Å². The highest BCUT2D eigenvalue weighted by atomic mass is 19.1. The van der Waals surface area contributed by atoms with Crippen molar-refractivity contribution in [3.8, 4) is 11.8 Å². The van der Waals surface area contributed by atoms with Crippen molar-refractivity contribution in [3.63, 3.8) is 0 Å². The van der Waals surface area contributed by atoms with Crippen molar-refractivity contribution >= 4 is 5.69 Å². The molecule has 0 saturated heterocycles. The van der Waals surface area contributed by atoms with Gasteiger partial charge in [-0.2, -0.15) is 5.26 Å². The maximum Gasteiger partial charge on any atom is 0.136 e. The molecule has 0 aliphatic carbocycles. The van der Waals surface area contributed by atoms with Crippen LogP contribution in [0.25, 0.3) is 0 Å². The molecule has 0 amide bonds. The Kier molecular flexibility index (Phi) is 3.99. The Hall–Kier alpha value is -2.54. The molecule has 1 N–H and O–H groups in total. The zero-order valence-electron chi connectivity index (χ0n) is 10.5. The number of nitrogens with one attached hydrogen (secondary N) is 1. The van der Waals surface area contributed by atoms with Gasteiger partial charge in [0.05, 0.1) is 12.7 Å². The van der Waals surface area contributed by atoms with Gasteiger partial charge < -0.3 is 10.1 Å². The third-order valence-electron chi connectivity index (χ3n) is 2.71. The van der Waals surface area contributed by atoms with Crippen LogP contribution in [0.1, 0.15) is 11.1 Å². The smallest absolute Gasteiger partial charge is 0.136 e. The van der Waals surface area contributed by atoms with Crippen LogP contribution in [-0.4, -0.2) is 7.11 Å². The van der Waals surface area contributed by atoms with Crippen molar-refractivity contribution in [2.75, 3.05) is 12.4 Å². The minimum atomic E-state index is -0.280. The van der Waals surface area contributed by atoms with Crippen LogP contribution in [0.2, 0.25) is 0 Å². The van der Waals surface area contributed by atoms with Crippen molar-refractivity contribution < 1.29 is 9.13 Å². The first-order valence-electron chi connectivity index (χ1n) is 5.79. The molecule has 0 bridgehead atoms. The summed E-state index contributed by atoms with van der Waals surface area (Å²) in [5, 5.41) is 12.1. The summed E-state index contributed by atoms with van der Waals surface area (Å²) in [4.78, 5) is 0. The van der Waals surface area contributed by atoms with E-state index in [-0.39, 0.29) is 5.82 Å². The van der Waals surface area contributed by atoms with E-state index in [1.807, 2.05) is 6.07 Å². The predicted molar refractivity (Wildman–Crippen MR) is 71.4 cm³/mol. The first-order chi connectivity index (χ1) is 9.22. The molecule has 2 rings (SSSR count). The Bertz CT molecular complexity index is 620. The maximum atomic E-state index is 13.0. The van der Waals surface area contributed by atoms with Crippen molar-refractivity contribution in [1.82, 2.24) is 0 Å². The van der Waals surface area contributed by atoms with E-state index in [0.29, 0.717) is 23.5 Å². The summed E-state index contributed by atoms with van der Waals surface area (Å²) in [6.45, 7) is 0.516. The predicted octanol–water partition coefficient (Wildman–Crippen LogP) is 3.32. The van der Waals surface area contributed by atoms with Crippen LogP contribution in [0.5, 0.6) is 5.75 Å². The summed E-state index contributed by atoms with van der Waals surface area (Å²) in [7, 11) is 1.53. The second-order valence-electron chi connectivity index (χ2n) is 4.01. The standard InChI is InChI=1S/C15H13FN2O/c1-19-15-6-5-11(7-12(15)9-17)10-18-14-4-2-3-13(16)8-14/h2-8,18H,10H2,1H3. The number of rotatable bonds is 4. The quantitative estimate of drug-likeness (QED) is 0.912. The van der Waals surface area contributed by atoms with Gasteiger partial charge in [0, 0.05) is 12.2 Å². The topological polar surface area (TPSA) is 45.0 Å². The Morgan fingerprint density at radius 1 is 1.26 bits per heavy atom. The van der Waals surface area contributed by atoms with Crippen LogP contribution in [-0.2, 0) is 6.54 Å². The molecule has 0 atom stereocenters. The number of nitrogens with zero attached hydrogens (tertiary/aromatic N) is 1. The Labute approximate surface area is 111 Å². The molecule has 0 radical (unpaired) electrons. The summed E-state index contributed by atoms with van der Waals surface area (Å²) in [6, 6.07) is 13.7. The number of hydrogen-bond donors (Lipinski definition) is 1. The van der Waals surface area contributed by atoms with Crippen LogP contribution >= 0.6 is 0 Å². The molecule has 96 valence electrons. The highest BCUT2D eigenvalue weighted by Crippen LogP contribution is 2.19. The molecular weight excluding hydrogens is 243 g/mol. The summed E-state index contributed by atoms with van der Waals surface area (Å²) < 4.78 is 18.1. The van der Waals surface area contributed by atoms with Crippen LogP contribution in [0.15, 0.2) is 42.5 Å². The van der Waals surface area contributed by atoms with E-state index in [4.69, 9.17) is 10.00 Å². The van der Waals surface area contributed by atoms with Crippen LogP contribution in [0.3, 0.4) is 0 Å². The van der Waals surface area contributed by atoms with Crippen molar-refractivity contribution in [1.29, 1.82) is 5.26 Å². The lowest BCUT2D eigenvalue weighted by Gasteiger charge is -2.08. The molecule has 0 heterocycles. The molecule has 2 aromatic rings. The number of hydrogen-bond acceptors (Lipinski definition) is 3. The number of nitriles is 1. The molecule has 0 spiro atoms. The summed E-state index contributed by atoms with van der Waals surface area (Å²) in [5.41, 5.74) is 2.12. The molecule has 4 heteroatoms. The largest absolute Gasteiger partial charge is 0.495 e. The monoisotopic (exact) mass is 256 g/mol. The highest BCUT2D eigenvalue weighted by molar-refractivity contribution is 5.48. The molecule has 3 nitrogen and oxygen atoms in total. The molecule has 0 aliphatic heterocycles. The maximum absolute atomic E-state index is 13.0. The zero-order valence-corrected chi connectivity index (χ0v) is 10.5. The fraction of sp³-hybridized carbons (Fsp3) is 0.133. The third-order valence-corrected chi connectivity index (χ3v) is 2.71. The third kappa shape index (κ3) is 3.23. The Balaban J connectivity index is 2.10. The molecule has 0 unspecified atom stereocenters. The fourth-order valence-electron chi connectivity index (χ4n) is 1.76. The minimum Gasteiger partial charge on any atom is -0.495 e. The van der Waals surface area contributed by atoms with Crippen LogP contribution in [0.4, 0.5) is 10.1 Å². The van der Waals surface area contributed by atoms with Crippen molar-refractivity contribution in [2.45, 2.75) is 6.54 Å². The van der Waals surface area contributed by atoms with Gasteiger partial charge in [0.1, 0.15) is 17.6 Å². The summed E-state index contributed by atoms with van der Waals surface area (Å²) in [5.74, 6) is 0.273. The van der Waals surface area contributed by atoms with Crippen LogP contribution in [0, 0.1) is 17.1 Å². The lowest BCUT2D eigenvalue weighted by atomic mass is 10.1. The second kappa shape index (κ2) is 5.87. The van der Waals surface area contributed by atoms with E-state index in [1.54, 1.807) is 24.3 Å². The van der Waals surface area contributed by atoms with Gasteiger partial charge in [-0.05, 0) is 35.9 Å². The molecule has 0 fully saturated rings. The average Bonchev–Trinajstić information content (AvgIpc) is 2.45. The highest BCUT2D eigenvalue weighted by Gasteiger charge is 2.03. The number of anilines is 1. The molecule has 0 aromatic heterocycles. The van der Waals surface area contributed by atoms with E-state index in [0.717, 1.165) is 5.56 Å². The van der Waals surface area contributed by atoms with E-state index < -0.39 is 0 Å². The molecular formula is C15H13FN2O. The zero-order chi connectivity index (χ0) is 13.7. The van der Waals surface area contributed by atoms with E-state index in [9.17, 15) is 4.39 Å². The lowest BCUT2D eigenvalue weighted by Crippen LogP contribution is -2.00. The first kappa shape index (κ1) is 12.9. The number of methoxy groups -OCH3 is 1. The lowest BCUT2D eigenvalue weighted by molar-refractivity contribution is 0.413. The van der Waals surface area contributed by atoms with E-state index in [1.165, 1.54) is 19.2 Å². The first-order valence-corrected chi connectivity index (χ1v) is 5.79. The minimum absolute atomic E-state index is 0.280. The molecule has 19 heavy (non-hydrogen) atoms. The van der Waals surface area contributed by atoms with Gasteiger partial charge in [0.15, 0.2) is 0 Å². The fourth-order valence-corrected chi connectivity index (χ4v) is 1.76. The van der Waals surface area contributed by atoms with E-state index in [2.05, 4.69) is 11.4 Å². The molecule has 0 aliphatic rings. The molecule has 2 aromatic carbocycles. The summed E-state index contributed by atoms with van der Waals surface area (Å²) in [6.07, 6.45) is 0. The summed E-state index contributed by atoms with van der Waals surface area (Å²) >= 11 is 0. The SMILES string of the molecule is COc1ccc(CNc2cccc(F)c2)cc1C#N. The normalized spacial score (nSPS) is 9.74. The van der Waals surface area contributed by atoms with Gasteiger partial charge in [0.25, 0.3) is 0 Å². The number of ether oxygens (including phenoxy) is 1. The van der Waals surface area contributed by atoms with Gasteiger partial charge in [0.2, 0.25) is 0 Å². The van der Waals surface area contributed by atoms with E-state index >= 15 is 0 Å². The van der Waals surface area contributed by atoms with Gasteiger partial charge in [-0.1, -0.05) is 12.1 Å². The average molecular weight is 256 g/mol. The van der Waals surface area contributed by atoms with Crippen molar-refractivity contribution in [2.24, 2.45) is 0 Å². The van der Waals surface area contributed by atoms with Crippen LogP contribution < -0.4 is 10.1 Å². The Morgan fingerprint density at radius 2 is 2.11 bits per heavy atom. The van der Waals surface area contributed by atoms with Crippen molar-refractivity contribution in [3.05, 3.63) is 59.4 Å². The second-order valence-corrected chi connectivity index (χ2v) is 4.01. The van der Waals surface area contributed by atoms with Gasteiger partial charge in [-0.15, -0.1) is 0 Å². The Morgan fingerprint density at radius 3 is 2.79 bits per heavy atom. The van der Waals surface area contributed by atoms with Gasteiger partial charge in [-0.25, -0.2) is 4.39 Å². The molecule has 0 saturated carbocycles. The number of halogens is 1. The van der Waals surface area contributed by atoms with Gasteiger partial charge in [-0.3, -0.25) is 0 Å². The number of benzene rings is 2.